The molecule has 0 amide bonds. The molecule has 0 radical (unpaired) electrons. The fourth-order valence-corrected chi connectivity index (χ4v) is 3.71. The molecule has 0 bridgehead atoms. The van der Waals surface area contributed by atoms with Crippen LogP contribution in [0, 0.1) is 11.6 Å². The minimum atomic E-state index is -0.808. The number of hydrogen-bond donors (Lipinski definition) is 1. The van der Waals surface area contributed by atoms with Gasteiger partial charge in [-0.3, -0.25) is 0 Å². The summed E-state index contributed by atoms with van der Waals surface area (Å²) in [6, 6.07) is 22.8. The van der Waals surface area contributed by atoms with E-state index in [1.54, 1.807) is 10.7 Å². The monoisotopic (exact) mass is 402 g/mol. The molecule has 4 nitrogen and oxygen atoms in total. The number of nitrogens with zero attached hydrogens (tertiary/aromatic N) is 3. The highest BCUT2D eigenvalue weighted by Gasteiger charge is 2.38. The molecule has 1 aliphatic rings. The van der Waals surface area contributed by atoms with E-state index in [0.29, 0.717) is 6.54 Å². The predicted molar refractivity (Wildman–Crippen MR) is 111 cm³/mol. The molecule has 0 saturated heterocycles. The Labute approximate surface area is 173 Å². The maximum absolute atomic E-state index is 13.4. The van der Waals surface area contributed by atoms with Crippen LogP contribution in [0.4, 0.5) is 8.78 Å². The molecule has 0 unspecified atom stereocenters. The summed E-state index contributed by atoms with van der Waals surface area (Å²) in [4.78, 5) is 0. The topological polar surface area (TPSA) is 42.7 Å². The van der Waals surface area contributed by atoms with Crippen molar-refractivity contribution in [2.75, 3.05) is 0 Å². The minimum Gasteiger partial charge on any atom is -0.308 e. The number of rotatable bonds is 6. The second-order valence-electron chi connectivity index (χ2n) is 7.57. The Bertz CT molecular complexity index is 1160. The van der Waals surface area contributed by atoms with Gasteiger partial charge >= 0.3 is 0 Å². The van der Waals surface area contributed by atoms with Crippen molar-refractivity contribution in [2.45, 2.75) is 24.9 Å². The van der Waals surface area contributed by atoms with Crippen molar-refractivity contribution in [1.29, 1.82) is 0 Å². The van der Waals surface area contributed by atoms with Crippen molar-refractivity contribution < 1.29 is 8.78 Å². The number of hydrogen-bond acceptors (Lipinski definition) is 3. The van der Waals surface area contributed by atoms with Crippen molar-refractivity contribution in [3.63, 3.8) is 0 Å². The van der Waals surface area contributed by atoms with Crippen LogP contribution in [0.25, 0.3) is 16.8 Å². The number of nitrogens with one attached hydrogen (secondary N) is 1. The van der Waals surface area contributed by atoms with Crippen LogP contribution in [0.1, 0.15) is 23.6 Å². The first-order valence-electron chi connectivity index (χ1n) is 9.93. The summed E-state index contributed by atoms with van der Waals surface area (Å²) in [5, 5.41) is 11.9. The summed E-state index contributed by atoms with van der Waals surface area (Å²) in [6.45, 7) is 0.576. The summed E-state index contributed by atoms with van der Waals surface area (Å²) >= 11 is 0. The Morgan fingerprint density at radius 3 is 2.43 bits per heavy atom. The normalized spacial score (nSPS) is 17.8. The second-order valence-corrected chi connectivity index (χ2v) is 7.57. The smallest absolute Gasteiger partial charge is 0.159 e. The molecular weight excluding hydrogens is 382 g/mol. The van der Waals surface area contributed by atoms with E-state index in [2.05, 4.69) is 39.9 Å². The standard InChI is InChI=1S/C24H20F2N4/c25-22-11-8-18(12-23(22)26)21-13-24(21)27-14-19-15-30(29-28-19)20-9-6-17(7-10-20)16-4-2-1-3-5-16/h1-12,15,21,24,27H,13-14H2/t21-,24+/m0/s1. The number of benzene rings is 3. The van der Waals surface area contributed by atoms with Gasteiger partial charge in [-0.05, 0) is 47.4 Å². The Hall–Kier alpha value is -3.38. The maximum atomic E-state index is 13.4. The summed E-state index contributed by atoms with van der Waals surface area (Å²) in [5.41, 5.74) is 4.93. The third-order valence-electron chi connectivity index (χ3n) is 5.49. The van der Waals surface area contributed by atoms with Gasteiger partial charge in [0.1, 0.15) is 0 Å². The maximum Gasteiger partial charge on any atom is 0.159 e. The molecule has 1 N–H and O–H groups in total. The summed E-state index contributed by atoms with van der Waals surface area (Å²) in [7, 11) is 0. The van der Waals surface area contributed by atoms with Gasteiger partial charge in [-0.15, -0.1) is 5.10 Å². The highest BCUT2D eigenvalue weighted by atomic mass is 19.2. The second kappa shape index (κ2) is 7.80. The molecule has 3 aromatic carbocycles. The van der Waals surface area contributed by atoms with Gasteiger partial charge in [-0.1, -0.05) is 53.7 Å². The quantitative estimate of drug-likeness (QED) is 0.501. The number of halogens is 2. The van der Waals surface area contributed by atoms with Crippen LogP contribution >= 0.6 is 0 Å². The van der Waals surface area contributed by atoms with E-state index < -0.39 is 11.6 Å². The van der Waals surface area contributed by atoms with E-state index in [1.807, 2.05) is 36.5 Å². The Kier molecular flexibility index (Phi) is 4.85. The lowest BCUT2D eigenvalue weighted by molar-refractivity contribution is 0.506. The average Bonchev–Trinajstić information content (AvgIpc) is 3.41. The van der Waals surface area contributed by atoms with Gasteiger partial charge in [-0.25, -0.2) is 13.5 Å². The summed E-state index contributed by atoms with van der Waals surface area (Å²) in [6.07, 6.45) is 2.81. The molecule has 0 aliphatic heterocycles. The molecule has 1 aliphatic carbocycles. The molecule has 30 heavy (non-hydrogen) atoms. The van der Waals surface area contributed by atoms with Gasteiger partial charge < -0.3 is 5.32 Å². The lowest BCUT2D eigenvalue weighted by Gasteiger charge is -2.04. The molecule has 1 saturated carbocycles. The molecule has 1 fully saturated rings. The van der Waals surface area contributed by atoms with Crippen LogP contribution in [0.5, 0.6) is 0 Å². The first-order valence-corrected chi connectivity index (χ1v) is 9.93. The molecule has 5 rings (SSSR count). The molecule has 0 spiro atoms. The van der Waals surface area contributed by atoms with E-state index >= 15 is 0 Å². The van der Waals surface area contributed by atoms with Crippen LogP contribution in [0.15, 0.2) is 79.0 Å². The molecule has 6 heteroatoms. The van der Waals surface area contributed by atoms with Crippen molar-refractivity contribution in [1.82, 2.24) is 20.3 Å². The first-order chi connectivity index (χ1) is 14.7. The lowest BCUT2D eigenvalue weighted by Crippen LogP contribution is -2.17. The fourth-order valence-electron chi connectivity index (χ4n) is 3.71. The highest BCUT2D eigenvalue weighted by Crippen LogP contribution is 2.41. The van der Waals surface area contributed by atoms with Crippen molar-refractivity contribution in [3.8, 4) is 16.8 Å². The average molecular weight is 402 g/mol. The zero-order chi connectivity index (χ0) is 20.5. The lowest BCUT2D eigenvalue weighted by atomic mass is 10.1. The van der Waals surface area contributed by atoms with E-state index in [4.69, 9.17) is 0 Å². The van der Waals surface area contributed by atoms with E-state index in [9.17, 15) is 8.78 Å². The number of aromatic nitrogens is 3. The molecule has 1 heterocycles. The predicted octanol–water partition coefficient (Wildman–Crippen LogP) is 4.86. The van der Waals surface area contributed by atoms with Crippen LogP contribution in [0.2, 0.25) is 0 Å². The SMILES string of the molecule is Fc1ccc([C@@H]2C[C@H]2NCc2cn(-c3ccc(-c4ccccc4)cc3)nn2)cc1F. The zero-order valence-corrected chi connectivity index (χ0v) is 16.2. The molecule has 2 atom stereocenters. The molecular formula is C24H20F2N4. The molecule has 4 aromatic rings. The van der Waals surface area contributed by atoms with Gasteiger partial charge in [0.25, 0.3) is 0 Å². The van der Waals surface area contributed by atoms with Crippen LogP contribution in [-0.4, -0.2) is 21.0 Å². The zero-order valence-electron chi connectivity index (χ0n) is 16.2. The Balaban J connectivity index is 1.20. The third-order valence-corrected chi connectivity index (χ3v) is 5.49. The van der Waals surface area contributed by atoms with Crippen LogP contribution in [-0.2, 0) is 6.54 Å². The van der Waals surface area contributed by atoms with Crippen LogP contribution < -0.4 is 5.32 Å². The van der Waals surface area contributed by atoms with E-state index in [0.717, 1.165) is 28.9 Å². The summed E-state index contributed by atoms with van der Waals surface area (Å²) < 4.78 is 28.3. The Morgan fingerprint density at radius 1 is 0.900 bits per heavy atom. The van der Waals surface area contributed by atoms with Crippen molar-refractivity contribution >= 4 is 0 Å². The summed E-state index contributed by atoms with van der Waals surface area (Å²) in [5.74, 6) is -1.39. The van der Waals surface area contributed by atoms with E-state index in [1.165, 1.54) is 17.7 Å². The highest BCUT2D eigenvalue weighted by molar-refractivity contribution is 5.64. The molecule has 1 aromatic heterocycles. The van der Waals surface area contributed by atoms with Gasteiger partial charge in [-0.2, -0.15) is 0 Å². The van der Waals surface area contributed by atoms with E-state index in [-0.39, 0.29) is 12.0 Å². The van der Waals surface area contributed by atoms with Crippen molar-refractivity contribution in [3.05, 3.63) is 102 Å². The molecule has 150 valence electrons. The van der Waals surface area contributed by atoms with Crippen LogP contribution in [0.3, 0.4) is 0 Å². The van der Waals surface area contributed by atoms with Gasteiger partial charge in [0, 0.05) is 18.5 Å². The largest absolute Gasteiger partial charge is 0.308 e. The first kappa shape index (κ1) is 18.6. The van der Waals surface area contributed by atoms with Gasteiger partial charge in [0.05, 0.1) is 17.6 Å². The minimum absolute atomic E-state index is 0.209. The third kappa shape index (κ3) is 3.86. The van der Waals surface area contributed by atoms with Gasteiger partial charge in [0.15, 0.2) is 11.6 Å². The van der Waals surface area contributed by atoms with Gasteiger partial charge in [0.2, 0.25) is 0 Å². The van der Waals surface area contributed by atoms with Crippen molar-refractivity contribution in [2.24, 2.45) is 0 Å². The Morgan fingerprint density at radius 2 is 1.67 bits per heavy atom. The fraction of sp³-hybridized carbons (Fsp3) is 0.167.